The number of aliphatic imine (C=N–C) groups is 2. The first kappa shape index (κ1) is 22.8. The molecule has 176 valence electrons. The van der Waals surface area contributed by atoms with E-state index >= 15 is 0 Å². The third-order valence-corrected chi connectivity index (χ3v) is 7.25. The van der Waals surface area contributed by atoms with E-state index in [1.807, 2.05) is 0 Å². The van der Waals surface area contributed by atoms with Gasteiger partial charge in [-0.25, -0.2) is 4.99 Å². The summed E-state index contributed by atoms with van der Waals surface area (Å²) in [5.74, 6) is -0.570. The van der Waals surface area contributed by atoms with E-state index < -0.39 is 26.9 Å². The Morgan fingerprint density at radius 2 is 2.09 bits per heavy atom. The van der Waals surface area contributed by atoms with Crippen LogP contribution >= 0.6 is 0 Å². The van der Waals surface area contributed by atoms with Crippen LogP contribution in [-0.4, -0.2) is 65.1 Å². The van der Waals surface area contributed by atoms with Gasteiger partial charge in [0.05, 0.1) is 12.9 Å². The number of amidine groups is 1. The lowest BCUT2D eigenvalue weighted by Crippen LogP contribution is -2.54. The molecule has 0 N–H and O–H groups in total. The highest BCUT2D eigenvalue weighted by Gasteiger charge is 2.58. The second-order valence-corrected chi connectivity index (χ2v) is 10.4. The number of ether oxygens (including phenoxy) is 2. The molecule has 1 saturated heterocycles. The maximum atomic E-state index is 12.8. The minimum atomic E-state index is -5.80. The predicted molar refractivity (Wildman–Crippen MR) is 110 cm³/mol. The molecular weight excluding hydrogens is 451 g/mol. The molecule has 0 radical (unpaired) electrons. The molecule has 4 rings (SSSR count). The van der Waals surface area contributed by atoms with Crippen molar-refractivity contribution < 1.29 is 35.2 Å². The van der Waals surface area contributed by atoms with Crippen LogP contribution in [0.2, 0.25) is 0 Å². The summed E-state index contributed by atoms with van der Waals surface area (Å²) in [4.78, 5) is 10.7. The van der Waals surface area contributed by atoms with Crippen molar-refractivity contribution in [2.24, 2.45) is 21.3 Å². The molecule has 3 atom stereocenters. The zero-order valence-corrected chi connectivity index (χ0v) is 18.7. The smallest absolute Gasteiger partial charge is 0.461 e. The highest BCUT2D eigenvalue weighted by atomic mass is 32.2. The van der Waals surface area contributed by atoms with Gasteiger partial charge in [-0.15, -0.1) is 0 Å². The van der Waals surface area contributed by atoms with Crippen LogP contribution in [0.3, 0.4) is 0 Å². The van der Waals surface area contributed by atoms with Crippen molar-refractivity contribution in [2.75, 3.05) is 33.9 Å². The minimum absolute atomic E-state index is 0.110. The topological polar surface area (TPSA) is 89.8 Å². The average Bonchev–Trinajstić information content (AvgIpc) is 3.10. The van der Waals surface area contributed by atoms with E-state index in [4.69, 9.17) is 14.5 Å². The Hall–Kier alpha value is -2.34. The first-order valence-electron chi connectivity index (χ1n) is 10.0. The highest BCUT2D eigenvalue weighted by molar-refractivity contribution is 7.88. The Bertz CT molecular complexity index is 1070. The second-order valence-electron chi connectivity index (χ2n) is 8.83. The number of hydrogen-bond acceptors (Lipinski definition) is 7. The fourth-order valence-corrected chi connectivity index (χ4v) is 5.18. The maximum absolute atomic E-state index is 12.8. The minimum Gasteiger partial charge on any atom is -0.461 e. The van der Waals surface area contributed by atoms with Gasteiger partial charge in [0.2, 0.25) is 0 Å². The van der Waals surface area contributed by atoms with E-state index in [-0.39, 0.29) is 24.0 Å². The van der Waals surface area contributed by atoms with E-state index in [9.17, 15) is 21.6 Å². The number of alkyl halides is 3. The lowest BCUT2D eigenvalue weighted by molar-refractivity contribution is -0.0792. The van der Waals surface area contributed by atoms with Crippen LogP contribution in [0, 0.1) is 11.3 Å². The summed E-state index contributed by atoms with van der Waals surface area (Å²) in [6.07, 6.45) is 2.97. The van der Waals surface area contributed by atoms with Crippen molar-refractivity contribution in [1.29, 1.82) is 0 Å². The van der Waals surface area contributed by atoms with Crippen molar-refractivity contribution >= 4 is 22.5 Å². The summed E-state index contributed by atoms with van der Waals surface area (Å²) in [5.41, 5.74) is -5.27. The predicted octanol–water partition coefficient (Wildman–Crippen LogP) is 2.69. The van der Waals surface area contributed by atoms with Crippen LogP contribution < -0.4 is 4.18 Å². The number of benzene rings is 1. The molecule has 0 aromatic heterocycles. The number of halogens is 3. The van der Waals surface area contributed by atoms with Crippen molar-refractivity contribution in [3.8, 4) is 5.75 Å². The molecule has 8 nitrogen and oxygen atoms in total. The lowest BCUT2D eigenvalue weighted by Gasteiger charge is -2.52. The summed E-state index contributed by atoms with van der Waals surface area (Å²) in [5, 5.41) is 0. The van der Waals surface area contributed by atoms with Crippen LogP contribution in [0.15, 0.2) is 28.2 Å². The van der Waals surface area contributed by atoms with Crippen LogP contribution in [0.4, 0.5) is 13.2 Å². The molecule has 1 fully saturated rings. The summed E-state index contributed by atoms with van der Waals surface area (Å²) in [7, 11) is -2.21. The molecule has 0 saturated carbocycles. The van der Waals surface area contributed by atoms with Gasteiger partial charge < -0.3 is 18.6 Å². The molecule has 2 aliphatic heterocycles. The SMILES string of the molecule is CN(C)/C=N/C1=NC2(CO1)c1cc(OS(=O)(=O)C(F)(F)F)ccc1C[C@]1(C)CCOC[C@@H]21. The third kappa shape index (κ3) is 3.83. The third-order valence-electron chi connectivity index (χ3n) is 6.27. The number of hydrogen-bond donors (Lipinski definition) is 0. The number of fused-ring (bicyclic) bond motifs is 4. The molecular formula is C20H24F3N3O5S. The van der Waals surface area contributed by atoms with Crippen molar-refractivity contribution in [3.05, 3.63) is 29.3 Å². The first-order valence-corrected chi connectivity index (χ1v) is 11.4. The van der Waals surface area contributed by atoms with Gasteiger partial charge in [-0.05, 0) is 41.5 Å². The zero-order valence-electron chi connectivity index (χ0n) is 17.8. The Balaban J connectivity index is 1.82. The summed E-state index contributed by atoms with van der Waals surface area (Å²) in [6, 6.07) is 4.31. The van der Waals surface area contributed by atoms with Gasteiger partial charge >= 0.3 is 21.6 Å². The Labute approximate surface area is 184 Å². The monoisotopic (exact) mass is 475 g/mol. The van der Waals surface area contributed by atoms with Gasteiger partial charge in [-0.1, -0.05) is 13.0 Å². The highest BCUT2D eigenvalue weighted by Crippen LogP contribution is 2.56. The van der Waals surface area contributed by atoms with Gasteiger partial charge in [0.15, 0.2) is 0 Å². The molecule has 1 unspecified atom stereocenters. The molecule has 2 heterocycles. The van der Waals surface area contributed by atoms with E-state index in [1.54, 1.807) is 25.1 Å². The van der Waals surface area contributed by atoms with E-state index in [0.717, 1.165) is 12.0 Å². The normalized spacial score (nSPS) is 29.9. The fourth-order valence-electron chi connectivity index (χ4n) is 4.73. The zero-order chi connectivity index (χ0) is 23.4. The summed E-state index contributed by atoms with van der Waals surface area (Å²) >= 11 is 0. The van der Waals surface area contributed by atoms with E-state index in [2.05, 4.69) is 16.1 Å². The molecule has 12 heteroatoms. The molecule has 3 aliphatic rings. The van der Waals surface area contributed by atoms with Crippen LogP contribution in [0.5, 0.6) is 5.75 Å². The Morgan fingerprint density at radius 3 is 2.78 bits per heavy atom. The summed E-state index contributed by atoms with van der Waals surface area (Å²) in [6.45, 7) is 3.23. The van der Waals surface area contributed by atoms with E-state index in [1.165, 1.54) is 18.5 Å². The molecule has 0 amide bonds. The van der Waals surface area contributed by atoms with Gasteiger partial charge in [0.25, 0.3) is 0 Å². The first-order chi connectivity index (χ1) is 14.9. The Kier molecular flexibility index (Phi) is 5.44. The van der Waals surface area contributed by atoms with Gasteiger partial charge in [0.1, 0.15) is 17.9 Å². The van der Waals surface area contributed by atoms with Crippen LogP contribution in [0.1, 0.15) is 24.5 Å². The standard InChI is InChI=1S/C20H24F3N3O5S/c1-18-6-7-29-10-16(18)19(11-30-17(25-19)24-12-26(2)3)15-8-14(5-4-13(15)9-18)31-32(27,28)20(21,22)23/h4-5,8,12,16H,6-7,9-11H2,1-3H3/b24-12+/t16-,18+,19?/m1/s1. The van der Waals surface area contributed by atoms with E-state index in [0.29, 0.717) is 25.2 Å². The largest absolute Gasteiger partial charge is 0.534 e. The second kappa shape index (κ2) is 7.62. The van der Waals surface area contributed by atoms with Crippen LogP contribution in [-0.2, 0) is 31.6 Å². The Morgan fingerprint density at radius 1 is 1.34 bits per heavy atom. The lowest BCUT2D eigenvalue weighted by atomic mass is 9.56. The number of rotatable bonds is 3. The molecule has 1 aliphatic carbocycles. The van der Waals surface area contributed by atoms with Gasteiger partial charge in [-0.2, -0.15) is 26.6 Å². The summed E-state index contributed by atoms with van der Waals surface area (Å²) < 4.78 is 77.5. The fraction of sp³-hybridized carbons (Fsp3) is 0.600. The number of nitrogens with zero attached hydrogens (tertiary/aromatic N) is 3. The molecule has 32 heavy (non-hydrogen) atoms. The molecule has 1 aromatic carbocycles. The van der Waals surface area contributed by atoms with Gasteiger partial charge in [0, 0.05) is 26.6 Å². The quantitative estimate of drug-likeness (QED) is 0.289. The molecule has 0 bridgehead atoms. The van der Waals surface area contributed by atoms with Crippen molar-refractivity contribution in [3.63, 3.8) is 0 Å². The maximum Gasteiger partial charge on any atom is 0.534 e. The van der Waals surface area contributed by atoms with Crippen LogP contribution in [0.25, 0.3) is 0 Å². The van der Waals surface area contributed by atoms with Crippen molar-refractivity contribution in [1.82, 2.24) is 4.90 Å². The van der Waals surface area contributed by atoms with Gasteiger partial charge in [-0.3, -0.25) is 0 Å². The van der Waals surface area contributed by atoms with Crippen molar-refractivity contribution in [2.45, 2.75) is 30.8 Å². The average molecular weight is 475 g/mol. The molecule has 1 aromatic rings. The molecule has 1 spiro atoms.